The number of rotatable bonds is 7. The first-order valence-corrected chi connectivity index (χ1v) is 12.5. The van der Waals surface area contributed by atoms with Gasteiger partial charge >= 0.3 is 6.03 Å². The van der Waals surface area contributed by atoms with Crippen LogP contribution in [-0.2, 0) is 16.2 Å². The van der Waals surface area contributed by atoms with Crippen LogP contribution in [0.2, 0.25) is 5.02 Å². The molecular formula is C26H19ClIN3O7. The SMILES string of the molecule is COc1cc(/C=C2/C(=O)NC(=O)N(c3ccc(C)c(Cl)c3)C2=O)cc(I)c1OCc1cccc([N+](=O)[O-])c1. The molecule has 0 aromatic heterocycles. The second-order valence-corrected chi connectivity index (χ2v) is 9.71. The maximum absolute atomic E-state index is 13.2. The Morgan fingerprint density at radius 3 is 2.58 bits per heavy atom. The average Bonchev–Trinajstić information content (AvgIpc) is 2.87. The average molecular weight is 648 g/mol. The predicted molar refractivity (Wildman–Crippen MR) is 148 cm³/mol. The number of imide groups is 2. The number of carbonyl (C=O) groups is 3. The molecule has 4 rings (SSSR count). The number of aryl methyl sites for hydroxylation is 1. The van der Waals surface area contributed by atoms with E-state index in [0.29, 0.717) is 31.2 Å². The number of barbiturate groups is 1. The number of halogens is 2. The van der Waals surface area contributed by atoms with E-state index in [1.165, 1.54) is 31.4 Å². The Kier molecular flexibility index (Phi) is 7.97. The minimum atomic E-state index is -0.880. The molecule has 0 saturated carbocycles. The number of hydrogen-bond acceptors (Lipinski definition) is 7. The first kappa shape index (κ1) is 27.1. The fourth-order valence-corrected chi connectivity index (χ4v) is 4.61. The molecule has 1 heterocycles. The molecule has 0 aliphatic carbocycles. The van der Waals surface area contributed by atoms with Crippen LogP contribution < -0.4 is 19.7 Å². The number of nitrogens with one attached hydrogen (secondary N) is 1. The van der Waals surface area contributed by atoms with Gasteiger partial charge in [-0.3, -0.25) is 25.0 Å². The third-order valence-electron chi connectivity index (χ3n) is 5.58. The Balaban J connectivity index is 1.63. The summed E-state index contributed by atoms with van der Waals surface area (Å²) in [6.07, 6.45) is 1.35. The van der Waals surface area contributed by atoms with Crippen molar-refractivity contribution in [2.45, 2.75) is 13.5 Å². The van der Waals surface area contributed by atoms with Crippen LogP contribution in [0.1, 0.15) is 16.7 Å². The van der Waals surface area contributed by atoms with E-state index in [9.17, 15) is 24.5 Å². The van der Waals surface area contributed by atoms with Crippen LogP contribution in [0, 0.1) is 20.6 Å². The summed E-state index contributed by atoms with van der Waals surface area (Å²) >= 11 is 8.18. The first-order chi connectivity index (χ1) is 18.1. The van der Waals surface area contributed by atoms with E-state index in [2.05, 4.69) is 5.32 Å². The number of nitro groups is 1. The van der Waals surface area contributed by atoms with Crippen LogP contribution in [0.15, 0.2) is 60.2 Å². The summed E-state index contributed by atoms with van der Waals surface area (Å²) in [5.41, 5.74) is 1.72. The Morgan fingerprint density at radius 1 is 1.13 bits per heavy atom. The highest BCUT2D eigenvalue weighted by Crippen LogP contribution is 2.36. The molecule has 1 saturated heterocycles. The molecule has 0 radical (unpaired) electrons. The highest BCUT2D eigenvalue weighted by atomic mass is 127. The standard InChI is InChI=1S/C26H19ClIN3O7/c1-14-6-7-17(12-20(14)27)30-25(33)19(24(32)29-26(30)34)9-16-10-21(28)23(22(11-16)37-2)38-13-15-4-3-5-18(8-15)31(35)36/h3-12H,13H2,1-2H3,(H,29,32,34)/b19-9-. The summed E-state index contributed by atoms with van der Waals surface area (Å²) in [4.78, 5) is 49.7. The molecule has 3 aromatic rings. The molecular weight excluding hydrogens is 629 g/mol. The van der Waals surface area contributed by atoms with E-state index in [1.807, 2.05) is 22.6 Å². The number of nitro benzene ring substituents is 1. The Morgan fingerprint density at radius 2 is 1.89 bits per heavy atom. The van der Waals surface area contributed by atoms with Gasteiger partial charge in [-0.25, -0.2) is 9.69 Å². The number of carbonyl (C=O) groups excluding carboxylic acids is 3. The van der Waals surface area contributed by atoms with Gasteiger partial charge in [-0.2, -0.15) is 0 Å². The van der Waals surface area contributed by atoms with Gasteiger partial charge in [0.15, 0.2) is 11.5 Å². The van der Waals surface area contributed by atoms with E-state index in [-0.39, 0.29) is 23.6 Å². The quantitative estimate of drug-likeness (QED) is 0.119. The smallest absolute Gasteiger partial charge is 0.335 e. The van der Waals surface area contributed by atoms with Gasteiger partial charge in [0.1, 0.15) is 12.2 Å². The van der Waals surface area contributed by atoms with Crippen LogP contribution in [0.5, 0.6) is 11.5 Å². The lowest BCUT2D eigenvalue weighted by Gasteiger charge is -2.26. The molecule has 1 aliphatic heterocycles. The maximum atomic E-state index is 13.2. The normalized spacial score (nSPS) is 14.5. The molecule has 38 heavy (non-hydrogen) atoms. The zero-order valence-electron chi connectivity index (χ0n) is 20.0. The van der Waals surface area contributed by atoms with E-state index in [0.717, 1.165) is 10.5 Å². The number of benzene rings is 3. The molecule has 10 nitrogen and oxygen atoms in total. The summed E-state index contributed by atoms with van der Waals surface area (Å²) in [7, 11) is 1.43. The number of hydrogen-bond donors (Lipinski definition) is 1. The number of amides is 4. The van der Waals surface area contributed by atoms with Crippen LogP contribution in [0.3, 0.4) is 0 Å². The number of urea groups is 1. The third kappa shape index (κ3) is 5.63. The zero-order chi connectivity index (χ0) is 27.6. The molecule has 12 heteroatoms. The molecule has 4 amide bonds. The molecule has 0 unspecified atom stereocenters. The lowest BCUT2D eigenvalue weighted by molar-refractivity contribution is -0.384. The fraction of sp³-hybridized carbons (Fsp3) is 0.115. The van der Waals surface area contributed by atoms with E-state index >= 15 is 0 Å². The second-order valence-electron chi connectivity index (χ2n) is 8.14. The van der Waals surface area contributed by atoms with E-state index in [4.69, 9.17) is 21.1 Å². The number of methoxy groups -OCH3 is 1. The van der Waals surface area contributed by atoms with Crippen molar-refractivity contribution >= 4 is 69.5 Å². The lowest BCUT2D eigenvalue weighted by atomic mass is 10.1. The zero-order valence-corrected chi connectivity index (χ0v) is 22.9. The summed E-state index contributed by atoms with van der Waals surface area (Å²) in [5.74, 6) is -0.948. The fourth-order valence-electron chi connectivity index (χ4n) is 3.66. The number of nitrogens with zero attached hydrogens (tertiary/aromatic N) is 2. The van der Waals surface area contributed by atoms with E-state index < -0.39 is 22.8 Å². The van der Waals surface area contributed by atoms with Gasteiger partial charge in [0.05, 0.1) is 21.3 Å². The van der Waals surface area contributed by atoms with Crippen molar-refractivity contribution in [2.75, 3.05) is 12.0 Å². The van der Waals surface area contributed by atoms with Gasteiger partial charge in [0.2, 0.25) is 0 Å². The van der Waals surface area contributed by atoms with Gasteiger partial charge in [0.25, 0.3) is 17.5 Å². The second kappa shape index (κ2) is 11.2. The van der Waals surface area contributed by atoms with Gasteiger partial charge in [-0.05, 0) is 76.5 Å². The third-order valence-corrected chi connectivity index (χ3v) is 6.79. The summed E-state index contributed by atoms with van der Waals surface area (Å²) in [6, 6.07) is 13.1. The Hall–Kier alpha value is -3.97. The minimum absolute atomic E-state index is 0.0472. The number of ether oxygens (including phenoxy) is 2. The van der Waals surface area contributed by atoms with Gasteiger partial charge in [-0.1, -0.05) is 29.8 Å². The maximum Gasteiger partial charge on any atom is 0.335 e. The van der Waals surface area contributed by atoms with Gasteiger partial charge < -0.3 is 9.47 Å². The van der Waals surface area contributed by atoms with Crippen LogP contribution in [0.4, 0.5) is 16.2 Å². The number of non-ortho nitro benzene ring substituents is 1. The van der Waals surface area contributed by atoms with Gasteiger partial charge in [-0.15, -0.1) is 0 Å². The molecule has 1 aliphatic rings. The van der Waals surface area contributed by atoms with Crippen LogP contribution in [0.25, 0.3) is 6.08 Å². The highest BCUT2D eigenvalue weighted by molar-refractivity contribution is 14.1. The first-order valence-electron chi connectivity index (χ1n) is 11.0. The van der Waals surface area contributed by atoms with Crippen molar-refractivity contribution in [3.63, 3.8) is 0 Å². The molecule has 3 aromatic carbocycles. The van der Waals surface area contributed by atoms with Crippen LogP contribution >= 0.6 is 34.2 Å². The number of anilines is 1. The van der Waals surface area contributed by atoms with Crippen molar-refractivity contribution in [1.29, 1.82) is 0 Å². The van der Waals surface area contributed by atoms with Gasteiger partial charge in [0, 0.05) is 17.2 Å². The van der Waals surface area contributed by atoms with Crippen molar-refractivity contribution in [1.82, 2.24) is 5.32 Å². The molecule has 1 N–H and O–H groups in total. The molecule has 194 valence electrons. The topological polar surface area (TPSA) is 128 Å². The van der Waals surface area contributed by atoms with E-state index in [1.54, 1.807) is 43.3 Å². The molecule has 0 atom stereocenters. The van der Waals surface area contributed by atoms with Crippen molar-refractivity contribution in [2.24, 2.45) is 0 Å². The van der Waals surface area contributed by atoms with Crippen LogP contribution in [-0.4, -0.2) is 29.9 Å². The minimum Gasteiger partial charge on any atom is -0.493 e. The predicted octanol–water partition coefficient (Wildman–Crippen LogP) is 5.42. The molecule has 0 bridgehead atoms. The summed E-state index contributed by atoms with van der Waals surface area (Å²) in [6.45, 7) is 1.83. The Bertz CT molecular complexity index is 1520. The lowest BCUT2D eigenvalue weighted by Crippen LogP contribution is -2.54. The highest BCUT2D eigenvalue weighted by Gasteiger charge is 2.37. The summed E-state index contributed by atoms with van der Waals surface area (Å²) < 4.78 is 11.9. The molecule has 0 spiro atoms. The largest absolute Gasteiger partial charge is 0.493 e. The molecule has 1 fully saturated rings. The summed E-state index contributed by atoms with van der Waals surface area (Å²) in [5, 5.41) is 13.6. The Labute approximate surface area is 235 Å². The van der Waals surface area contributed by atoms with Crippen molar-refractivity contribution in [3.05, 3.63) is 95.6 Å². The monoisotopic (exact) mass is 647 g/mol. The van der Waals surface area contributed by atoms with Crippen molar-refractivity contribution < 1.29 is 28.8 Å². The van der Waals surface area contributed by atoms with Crippen molar-refractivity contribution in [3.8, 4) is 11.5 Å².